The van der Waals surface area contributed by atoms with Crippen molar-refractivity contribution in [1.82, 2.24) is 10.2 Å². The molecule has 0 aliphatic rings. The third-order valence-electron chi connectivity index (χ3n) is 3.86. The lowest BCUT2D eigenvalue weighted by Crippen LogP contribution is -2.34. The van der Waals surface area contributed by atoms with Gasteiger partial charge < -0.3 is 20.3 Å². The average molecular weight is 355 g/mol. The van der Waals surface area contributed by atoms with E-state index < -0.39 is 0 Å². The number of aryl methyl sites for hydroxylation is 1. The minimum absolute atomic E-state index is 0.160. The normalized spacial score (nSPS) is 10.1. The molecule has 2 rings (SSSR count). The number of nitrogens with one attached hydrogen (secondary N) is 2. The van der Waals surface area contributed by atoms with Crippen molar-refractivity contribution in [2.24, 2.45) is 0 Å². The molecule has 0 atom stereocenters. The highest BCUT2D eigenvalue weighted by Crippen LogP contribution is 2.17. The smallest absolute Gasteiger partial charge is 0.321 e. The lowest BCUT2D eigenvalue weighted by molar-refractivity contribution is 0.0956. The van der Waals surface area contributed by atoms with Crippen molar-refractivity contribution in [3.63, 3.8) is 0 Å². The first-order valence-electron chi connectivity index (χ1n) is 8.60. The predicted octanol–water partition coefficient (Wildman–Crippen LogP) is 3.29. The van der Waals surface area contributed by atoms with Crippen LogP contribution < -0.4 is 15.4 Å². The van der Waals surface area contributed by atoms with Crippen LogP contribution in [0.3, 0.4) is 0 Å². The van der Waals surface area contributed by atoms with Crippen molar-refractivity contribution in [3.05, 3.63) is 59.7 Å². The molecule has 0 saturated heterocycles. The fourth-order valence-corrected chi connectivity index (χ4v) is 2.29. The first-order valence-corrected chi connectivity index (χ1v) is 8.60. The van der Waals surface area contributed by atoms with E-state index in [1.165, 1.54) is 0 Å². The molecule has 0 spiro atoms. The third kappa shape index (κ3) is 5.51. The number of carbonyl (C=O) groups excluding carboxylic acids is 2. The van der Waals surface area contributed by atoms with Gasteiger partial charge in [0.25, 0.3) is 5.91 Å². The van der Waals surface area contributed by atoms with Crippen LogP contribution in [-0.2, 0) is 0 Å². The zero-order valence-corrected chi connectivity index (χ0v) is 15.4. The molecule has 0 aromatic heterocycles. The first-order chi connectivity index (χ1) is 12.5. The summed E-state index contributed by atoms with van der Waals surface area (Å²) in [6, 6.07) is 14.5. The summed E-state index contributed by atoms with van der Waals surface area (Å²) < 4.78 is 5.60. The molecule has 6 heteroatoms. The van der Waals surface area contributed by atoms with Gasteiger partial charge in [0.1, 0.15) is 12.4 Å². The number of likely N-dealkylation sites (N-methyl/N-ethyl adjacent to an activating group) is 1. The Bertz CT molecular complexity index is 747. The van der Waals surface area contributed by atoms with Crippen LogP contribution in [0.4, 0.5) is 10.5 Å². The second-order valence-corrected chi connectivity index (χ2v) is 5.90. The fourth-order valence-electron chi connectivity index (χ4n) is 2.29. The number of benzene rings is 2. The Kier molecular flexibility index (Phi) is 7.02. The molecule has 0 aliphatic heterocycles. The van der Waals surface area contributed by atoms with Crippen LogP contribution in [0.15, 0.2) is 48.5 Å². The number of para-hydroxylation sites is 1. The van der Waals surface area contributed by atoms with Crippen LogP contribution in [0.1, 0.15) is 22.8 Å². The van der Waals surface area contributed by atoms with Gasteiger partial charge in [-0.25, -0.2) is 4.79 Å². The monoisotopic (exact) mass is 355 g/mol. The summed E-state index contributed by atoms with van der Waals surface area (Å²) in [6.07, 6.45) is 0. The SMILES string of the molecule is CCNC(=O)c1ccc(C)c(NC(=O)N(C)CCOc2ccccc2)c1. The molecule has 0 saturated carbocycles. The second kappa shape index (κ2) is 9.46. The molecule has 3 amide bonds. The van der Waals surface area contributed by atoms with E-state index in [1.807, 2.05) is 50.2 Å². The maximum absolute atomic E-state index is 12.4. The van der Waals surface area contributed by atoms with Crippen molar-refractivity contribution in [3.8, 4) is 5.75 Å². The Morgan fingerprint density at radius 2 is 1.85 bits per heavy atom. The third-order valence-corrected chi connectivity index (χ3v) is 3.86. The molecule has 2 aromatic rings. The number of carbonyl (C=O) groups is 2. The minimum atomic E-state index is -0.252. The first kappa shape index (κ1) is 19.3. The summed E-state index contributed by atoms with van der Waals surface area (Å²) in [5.74, 6) is 0.611. The lowest BCUT2D eigenvalue weighted by atomic mass is 10.1. The van der Waals surface area contributed by atoms with Gasteiger partial charge >= 0.3 is 6.03 Å². The van der Waals surface area contributed by atoms with Crippen LogP contribution in [0.5, 0.6) is 5.75 Å². The Balaban J connectivity index is 1.91. The summed E-state index contributed by atoms with van der Waals surface area (Å²) in [7, 11) is 1.70. The Labute approximate surface area is 154 Å². The highest BCUT2D eigenvalue weighted by molar-refractivity contribution is 5.97. The maximum Gasteiger partial charge on any atom is 0.321 e. The van der Waals surface area contributed by atoms with Crippen molar-refractivity contribution in [2.75, 3.05) is 32.1 Å². The number of amides is 3. The van der Waals surface area contributed by atoms with E-state index in [4.69, 9.17) is 4.74 Å². The average Bonchev–Trinajstić information content (AvgIpc) is 2.64. The molecular formula is C20H25N3O3. The van der Waals surface area contributed by atoms with E-state index in [0.29, 0.717) is 30.9 Å². The van der Waals surface area contributed by atoms with Crippen LogP contribution in [-0.4, -0.2) is 43.6 Å². The number of urea groups is 1. The fraction of sp³-hybridized carbons (Fsp3) is 0.300. The van der Waals surface area contributed by atoms with Gasteiger partial charge in [-0.1, -0.05) is 24.3 Å². The lowest BCUT2D eigenvalue weighted by Gasteiger charge is -2.19. The number of hydrogen-bond donors (Lipinski definition) is 2. The van der Waals surface area contributed by atoms with E-state index in [2.05, 4.69) is 10.6 Å². The summed E-state index contributed by atoms with van der Waals surface area (Å²) in [6.45, 7) is 5.14. The van der Waals surface area contributed by atoms with E-state index in [1.54, 1.807) is 24.1 Å². The van der Waals surface area contributed by atoms with E-state index in [9.17, 15) is 9.59 Å². The van der Waals surface area contributed by atoms with Gasteiger partial charge in [0.05, 0.1) is 6.54 Å². The summed E-state index contributed by atoms with van der Waals surface area (Å²) in [4.78, 5) is 25.9. The maximum atomic E-state index is 12.4. The van der Waals surface area contributed by atoms with Gasteiger partial charge in [-0.3, -0.25) is 4.79 Å². The van der Waals surface area contributed by atoms with Crippen LogP contribution >= 0.6 is 0 Å². The molecular weight excluding hydrogens is 330 g/mol. The molecule has 0 radical (unpaired) electrons. The zero-order valence-electron chi connectivity index (χ0n) is 15.4. The molecule has 0 heterocycles. The highest BCUT2D eigenvalue weighted by Gasteiger charge is 2.12. The van der Waals surface area contributed by atoms with Crippen molar-refractivity contribution in [1.29, 1.82) is 0 Å². The van der Waals surface area contributed by atoms with Crippen molar-refractivity contribution in [2.45, 2.75) is 13.8 Å². The van der Waals surface area contributed by atoms with Gasteiger partial charge in [-0.15, -0.1) is 0 Å². The van der Waals surface area contributed by atoms with E-state index in [-0.39, 0.29) is 11.9 Å². The summed E-state index contributed by atoms with van der Waals surface area (Å²) in [5, 5.41) is 5.60. The minimum Gasteiger partial charge on any atom is -0.492 e. The molecule has 0 unspecified atom stereocenters. The molecule has 0 fully saturated rings. The number of ether oxygens (including phenoxy) is 1. The quantitative estimate of drug-likeness (QED) is 0.801. The van der Waals surface area contributed by atoms with Gasteiger partial charge in [0.15, 0.2) is 0 Å². The number of anilines is 1. The molecule has 138 valence electrons. The molecule has 0 aliphatic carbocycles. The standard InChI is InChI=1S/C20H25N3O3/c1-4-21-19(24)16-11-10-15(2)18(14-16)22-20(25)23(3)12-13-26-17-8-6-5-7-9-17/h5-11,14H,4,12-13H2,1-3H3,(H,21,24)(H,22,25). The van der Waals surface area contributed by atoms with E-state index in [0.717, 1.165) is 11.3 Å². The highest BCUT2D eigenvalue weighted by atomic mass is 16.5. The van der Waals surface area contributed by atoms with Gasteiger partial charge in [-0.05, 0) is 43.7 Å². The second-order valence-electron chi connectivity index (χ2n) is 5.90. The number of hydrogen-bond acceptors (Lipinski definition) is 3. The summed E-state index contributed by atoms with van der Waals surface area (Å²) >= 11 is 0. The number of rotatable bonds is 7. The van der Waals surface area contributed by atoms with Crippen LogP contribution in [0.25, 0.3) is 0 Å². The Morgan fingerprint density at radius 3 is 2.54 bits per heavy atom. The molecule has 2 aromatic carbocycles. The molecule has 26 heavy (non-hydrogen) atoms. The molecule has 2 N–H and O–H groups in total. The van der Waals surface area contributed by atoms with Crippen molar-refractivity contribution < 1.29 is 14.3 Å². The predicted molar refractivity (Wildman–Crippen MR) is 103 cm³/mol. The van der Waals surface area contributed by atoms with Crippen LogP contribution in [0, 0.1) is 6.92 Å². The number of nitrogens with zero attached hydrogens (tertiary/aromatic N) is 1. The van der Waals surface area contributed by atoms with E-state index >= 15 is 0 Å². The van der Waals surface area contributed by atoms with Gasteiger partial charge in [0.2, 0.25) is 0 Å². The Morgan fingerprint density at radius 1 is 1.12 bits per heavy atom. The topological polar surface area (TPSA) is 70.7 Å². The van der Waals surface area contributed by atoms with Crippen molar-refractivity contribution >= 4 is 17.6 Å². The van der Waals surface area contributed by atoms with Gasteiger partial charge in [0, 0.05) is 24.8 Å². The van der Waals surface area contributed by atoms with Gasteiger partial charge in [-0.2, -0.15) is 0 Å². The summed E-state index contributed by atoms with van der Waals surface area (Å²) in [5.41, 5.74) is 2.03. The largest absolute Gasteiger partial charge is 0.492 e. The Hall–Kier alpha value is -3.02. The molecule has 6 nitrogen and oxygen atoms in total. The molecule has 0 bridgehead atoms. The zero-order chi connectivity index (χ0) is 18.9. The van der Waals surface area contributed by atoms with Crippen LogP contribution in [0.2, 0.25) is 0 Å².